The monoisotopic (exact) mass is 318 g/mol. The van der Waals surface area contributed by atoms with Gasteiger partial charge >= 0.3 is 0 Å². The van der Waals surface area contributed by atoms with Gasteiger partial charge in [0.1, 0.15) is 0 Å². The number of nitrogens with zero attached hydrogens (tertiary/aromatic N) is 4. The Hall–Kier alpha value is -1.66. The lowest BCUT2D eigenvalue weighted by Crippen LogP contribution is -2.49. The number of hydrogen-bond donors (Lipinski definition) is 0. The second-order valence-electron chi connectivity index (χ2n) is 5.85. The van der Waals surface area contributed by atoms with Crippen molar-refractivity contribution >= 4 is 17.2 Å². The largest absolute Gasteiger partial charge is 0.340 e. The third-order valence-corrected chi connectivity index (χ3v) is 5.06. The van der Waals surface area contributed by atoms with Crippen molar-refractivity contribution in [1.82, 2.24) is 19.6 Å². The average Bonchev–Trinajstić information content (AvgIpc) is 3.18. The molecule has 118 valence electrons. The van der Waals surface area contributed by atoms with E-state index in [9.17, 15) is 4.79 Å². The molecule has 1 saturated heterocycles. The van der Waals surface area contributed by atoms with Crippen molar-refractivity contribution in [3.63, 3.8) is 0 Å². The highest BCUT2D eigenvalue weighted by molar-refractivity contribution is 7.07. The standard InChI is InChI=1S/C16H22N4OS/c1-13(15-3-8-22-12-15)19-4-6-20(7-5-19)16(21)9-14-10-17-18(2)11-14/h3,8,10-13H,4-7,9H2,1-2H3. The molecule has 0 aromatic carbocycles. The maximum absolute atomic E-state index is 12.4. The van der Waals surface area contributed by atoms with Crippen LogP contribution in [0.25, 0.3) is 0 Å². The summed E-state index contributed by atoms with van der Waals surface area (Å²) in [5.41, 5.74) is 2.36. The second kappa shape index (κ2) is 6.62. The molecule has 3 rings (SSSR count). The number of amides is 1. The molecule has 0 N–H and O–H groups in total. The third kappa shape index (κ3) is 3.39. The zero-order valence-corrected chi connectivity index (χ0v) is 13.9. The van der Waals surface area contributed by atoms with E-state index in [2.05, 4.69) is 33.7 Å². The Morgan fingerprint density at radius 2 is 2.14 bits per heavy atom. The van der Waals surface area contributed by atoms with Crippen LogP contribution in [-0.4, -0.2) is 51.7 Å². The lowest BCUT2D eigenvalue weighted by Gasteiger charge is -2.38. The molecule has 6 heteroatoms. The number of rotatable bonds is 4. The van der Waals surface area contributed by atoms with Gasteiger partial charge in [-0.15, -0.1) is 0 Å². The fourth-order valence-electron chi connectivity index (χ4n) is 2.93. The Labute approximate surface area is 135 Å². The van der Waals surface area contributed by atoms with Crippen molar-refractivity contribution in [2.24, 2.45) is 7.05 Å². The van der Waals surface area contributed by atoms with Crippen molar-refractivity contribution in [1.29, 1.82) is 0 Å². The summed E-state index contributed by atoms with van der Waals surface area (Å²) in [6.07, 6.45) is 4.13. The predicted octanol–water partition coefficient (Wildman–Crippen LogP) is 1.93. The van der Waals surface area contributed by atoms with Gasteiger partial charge in [0.05, 0.1) is 12.6 Å². The number of piperazine rings is 1. The summed E-state index contributed by atoms with van der Waals surface area (Å²) >= 11 is 1.74. The fraction of sp³-hybridized carbons (Fsp3) is 0.500. The van der Waals surface area contributed by atoms with Crippen LogP contribution < -0.4 is 0 Å². The molecule has 0 bridgehead atoms. The van der Waals surface area contributed by atoms with Gasteiger partial charge in [-0.2, -0.15) is 16.4 Å². The van der Waals surface area contributed by atoms with Crippen LogP contribution in [0.4, 0.5) is 0 Å². The molecule has 1 unspecified atom stereocenters. The molecule has 1 fully saturated rings. The summed E-state index contributed by atoms with van der Waals surface area (Å²) in [5, 5.41) is 8.45. The minimum atomic E-state index is 0.204. The van der Waals surface area contributed by atoms with Gasteiger partial charge in [-0.05, 0) is 34.9 Å². The molecule has 1 aliphatic rings. The number of carbonyl (C=O) groups is 1. The van der Waals surface area contributed by atoms with Crippen molar-refractivity contribution in [3.05, 3.63) is 40.3 Å². The molecular formula is C16H22N4OS. The van der Waals surface area contributed by atoms with Crippen LogP contribution in [-0.2, 0) is 18.3 Å². The number of thiophene rings is 1. The van der Waals surface area contributed by atoms with Crippen LogP contribution >= 0.6 is 11.3 Å². The van der Waals surface area contributed by atoms with Gasteiger partial charge in [-0.25, -0.2) is 0 Å². The predicted molar refractivity (Wildman–Crippen MR) is 87.8 cm³/mol. The Morgan fingerprint density at radius 1 is 1.36 bits per heavy atom. The number of hydrogen-bond acceptors (Lipinski definition) is 4. The van der Waals surface area contributed by atoms with Crippen LogP contribution in [0.15, 0.2) is 29.2 Å². The van der Waals surface area contributed by atoms with E-state index in [1.807, 2.05) is 18.1 Å². The van der Waals surface area contributed by atoms with Crippen LogP contribution in [0.1, 0.15) is 24.1 Å². The summed E-state index contributed by atoms with van der Waals surface area (Å²) in [6.45, 7) is 5.75. The van der Waals surface area contributed by atoms with Crippen molar-refractivity contribution in [2.45, 2.75) is 19.4 Å². The van der Waals surface area contributed by atoms with Crippen LogP contribution in [0.5, 0.6) is 0 Å². The van der Waals surface area contributed by atoms with Crippen LogP contribution in [0, 0.1) is 0 Å². The maximum Gasteiger partial charge on any atom is 0.227 e. The Balaban J connectivity index is 1.52. The van der Waals surface area contributed by atoms with E-state index in [1.54, 1.807) is 22.2 Å². The summed E-state index contributed by atoms with van der Waals surface area (Å²) in [7, 11) is 1.87. The first-order valence-electron chi connectivity index (χ1n) is 7.65. The highest BCUT2D eigenvalue weighted by atomic mass is 32.1. The molecule has 2 aromatic heterocycles. The van der Waals surface area contributed by atoms with Gasteiger partial charge in [0.15, 0.2) is 0 Å². The van der Waals surface area contributed by atoms with E-state index in [0.717, 1.165) is 31.7 Å². The summed E-state index contributed by atoms with van der Waals surface area (Å²) in [5.74, 6) is 0.204. The summed E-state index contributed by atoms with van der Waals surface area (Å²) < 4.78 is 1.74. The van der Waals surface area contributed by atoms with E-state index >= 15 is 0 Å². The lowest BCUT2D eigenvalue weighted by atomic mass is 10.1. The summed E-state index contributed by atoms with van der Waals surface area (Å²) in [4.78, 5) is 16.8. The first-order valence-corrected chi connectivity index (χ1v) is 8.59. The third-order valence-electron chi connectivity index (χ3n) is 4.35. The molecular weight excluding hydrogens is 296 g/mol. The lowest BCUT2D eigenvalue weighted by molar-refractivity contribution is -0.132. The Morgan fingerprint density at radius 3 is 2.73 bits per heavy atom. The number of aromatic nitrogens is 2. The number of carbonyl (C=O) groups excluding carboxylic acids is 1. The molecule has 1 atom stereocenters. The normalized spacial score (nSPS) is 17.6. The number of aryl methyl sites for hydroxylation is 1. The zero-order chi connectivity index (χ0) is 15.5. The van der Waals surface area contributed by atoms with E-state index in [4.69, 9.17) is 0 Å². The first kappa shape index (κ1) is 15.2. The SMILES string of the molecule is CC(c1ccsc1)N1CCN(C(=O)Cc2cnn(C)c2)CC1. The minimum absolute atomic E-state index is 0.204. The van der Waals surface area contributed by atoms with E-state index < -0.39 is 0 Å². The molecule has 5 nitrogen and oxygen atoms in total. The minimum Gasteiger partial charge on any atom is -0.340 e. The smallest absolute Gasteiger partial charge is 0.227 e. The highest BCUT2D eigenvalue weighted by Gasteiger charge is 2.25. The van der Waals surface area contributed by atoms with E-state index in [-0.39, 0.29) is 5.91 Å². The quantitative estimate of drug-likeness (QED) is 0.865. The molecule has 0 aliphatic carbocycles. The molecule has 0 radical (unpaired) electrons. The average molecular weight is 318 g/mol. The second-order valence-corrected chi connectivity index (χ2v) is 6.63. The van der Waals surface area contributed by atoms with Crippen molar-refractivity contribution < 1.29 is 4.79 Å². The van der Waals surface area contributed by atoms with Gasteiger partial charge in [-0.1, -0.05) is 0 Å². The van der Waals surface area contributed by atoms with E-state index in [1.165, 1.54) is 5.56 Å². The maximum atomic E-state index is 12.4. The summed E-state index contributed by atoms with van der Waals surface area (Å²) in [6, 6.07) is 2.62. The van der Waals surface area contributed by atoms with Crippen molar-refractivity contribution in [2.75, 3.05) is 26.2 Å². The molecule has 1 amide bonds. The molecule has 0 saturated carbocycles. The van der Waals surface area contributed by atoms with Gasteiger partial charge in [-0.3, -0.25) is 14.4 Å². The Kier molecular flexibility index (Phi) is 4.59. The highest BCUT2D eigenvalue weighted by Crippen LogP contribution is 2.23. The molecule has 22 heavy (non-hydrogen) atoms. The Bertz CT molecular complexity index is 614. The molecule has 3 heterocycles. The van der Waals surface area contributed by atoms with Crippen LogP contribution in [0.3, 0.4) is 0 Å². The molecule has 0 spiro atoms. The van der Waals surface area contributed by atoms with Crippen molar-refractivity contribution in [3.8, 4) is 0 Å². The first-order chi connectivity index (χ1) is 10.6. The topological polar surface area (TPSA) is 41.4 Å². The van der Waals surface area contributed by atoms with E-state index in [0.29, 0.717) is 12.5 Å². The van der Waals surface area contributed by atoms with Gasteiger partial charge < -0.3 is 4.90 Å². The van der Waals surface area contributed by atoms with Gasteiger partial charge in [0, 0.05) is 45.5 Å². The zero-order valence-electron chi connectivity index (χ0n) is 13.1. The fourth-order valence-corrected chi connectivity index (χ4v) is 3.68. The van der Waals surface area contributed by atoms with Crippen LogP contribution in [0.2, 0.25) is 0 Å². The molecule has 1 aliphatic heterocycles. The molecule has 2 aromatic rings. The van der Waals surface area contributed by atoms with Gasteiger partial charge in [0.2, 0.25) is 5.91 Å². The van der Waals surface area contributed by atoms with Gasteiger partial charge in [0.25, 0.3) is 0 Å².